The maximum absolute atomic E-state index is 12.0. The van der Waals surface area contributed by atoms with Crippen molar-refractivity contribution in [2.75, 3.05) is 13.6 Å². The van der Waals surface area contributed by atoms with Crippen molar-refractivity contribution in [3.8, 4) is 11.5 Å². The van der Waals surface area contributed by atoms with E-state index in [0.717, 1.165) is 0 Å². The standard InChI is InChI=1S/C16H15ClN2O4/c1-3-18(2)16(20)11-4-7-13(8-5-11)23-15-9-6-12(17)10-14(15)19(21)22/h4-10H,3H2,1-2H3. The summed E-state index contributed by atoms with van der Waals surface area (Å²) in [5.41, 5.74) is 0.302. The molecule has 7 heteroatoms. The van der Waals surface area contributed by atoms with Crippen LogP contribution in [-0.4, -0.2) is 29.3 Å². The first-order valence-corrected chi connectivity index (χ1v) is 7.27. The predicted octanol–water partition coefficient (Wildman–Crippen LogP) is 4.13. The summed E-state index contributed by atoms with van der Waals surface area (Å²) in [5.74, 6) is 0.381. The third-order valence-electron chi connectivity index (χ3n) is 3.27. The van der Waals surface area contributed by atoms with Crippen LogP contribution in [0.1, 0.15) is 17.3 Å². The molecule has 0 saturated carbocycles. The molecule has 2 aromatic rings. The first-order chi connectivity index (χ1) is 10.9. The molecule has 0 heterocycles. The van der Waals surface area contributed by atoms with Gasteiger partial charge in [-0.15, -0.1) is 0 Å². The number of benzene rings is 2. The summed E-state index contributed by atoms with van der Waals surface area (Å²) in [5, 5.41) is 11.3. The van der Waals surface area contributed by atoms with E-state index in [0.29, 0.717) is 17.9 Å². The number of hydrogen-bond donors (Lipinski definition) is 0. The van der Waals surface area contributed by atoms with E-state index in [1.807, 2.05) is 6.92 Å². The second kappa shape index (κ2) is 7.11. The molecule has 23 heavy (non-hydrogen) atoms. The molecule has 0 fully saturated rings. The zero-order valence-corrected chi connectivity index (χ0v) is 13.4. The first kappa shape index (κ1) is 16.8. The Bertz CT molecular complexity index is 731. The lowest BCUT2D eigenvalue weighted by Gasteiger charge is -2.14. The van der Waals surface area contributed by atoms with E-state index in [9.17, 15) is 14.9 Å². The summed E-state index contributed by atoms with van der Waals surface area (Å²) < 4.78 is 5.52. The highest BCUT2D eigenvalue weighted by Gasteiger charge is 2.17. The minimum absolute atomic E-state index is 0.0872. The van der Waals surface area contributed by atoms with Gasteiger partial charge in [-0.05, 0) is 43.3 Å². The van der Waals surface area contributed by atoms with Gasteiger partial charge in [0.25, 0.3) is 5.91 Å². The third-order valence-corrected chi connectivity index (χ3v) is 3.50. The highest BCUT2D eigenvalue weighted by molar-refractivity contribution is 6.30. The lowest BCUT2D eigenvalue weighted by atomic mass is 10.2. The molecule has 0 bridgehead atoms. The van der Waals surface area contributed by atoms with E-state index < -0.39 is 4.92 Å². The maximum Gasteiger partial charge on any atom is 0.313 e. The molecule has 0 aliphatic rings. The Morgan fingerprint density at radius 1 is 1.26 bits per heavy atom. The highest BCUT2D eigenvalue weighted by Crippen LogP contribution is 2.33. The summed E-state index contributed by atoms with van der Waals surface area (Å²) in [6.45, 7) is 2.49. The van der Waals surface area contributed by atoms with Crippen molar-refractivity contribution in [3.63, 3.8) is 0 Å². The number of nitrogens with zero attached hydrogens (tertiary/aromatic N) is 2. The van der Waals surface area contributed by atoms with Crippen molar-refractivity contribution in [2.45, 2.75) is 6.92 Å². The summed E-state index contributed by atoms with van der Waals surface area (Å²) in [4.78, 5) is 24.1. The van der Waals surface area contributed by atoms with Crippen molar-refractivity contribution in [1.82, 2.24) is 4.90 Å². The number of carbonyl (C=O) groups excluding carboxylic acids is 1. The number of hydrogen-bond acceptors (Lipinski definition) is 4. The SMILES string of the molecule is CCN(C)C(=O)c1ccc(Oc2ccc(Cl)cc2[N+](=O)[O-])cc1. The van der Waals surface area contributed by atoms with Gasteiger partial charge in [0.15, 0.2) is 0 Å². The molecule has 0 spiro atoms. The first-order valence-electron chi connectivity index (χ1n) is 6.89. The zero-order chi connectivity index (χ0) is 17.0. The molecular weight excluding hydrogens is 320 g/mol. The van der Waals surface area contributed by atoms with E-state index in [1.165, 1.54) is 18.2 Å². The Balaban J connectivity index is 2.22. The lowest BCUT2D eigenvalue weighted by molar-refractivity contribution is -0.385. The smallest absolute Gasteiger partial charge is 0.313 e. The van der Waals surface area contributed by atoms with Gasteiger partial charge in [0.2, 0.25) is 5.75 Å². The van der Waals surface area contributed by atoms with Crippen molar-refractivity contribution in [2.24, 2.45) is 0 Å². The minimum Gasteiger partial charge on any atom is -0.450 e. The van der Waals surface area contributed by atoms with Gasteiger partial charge in [-0.3, -0.25) is 14.9 Å². The highest BCUT2D eigenvalue weighted by atomic mass is 35.5. The van der Waals surface area contributed by atoms with Gasteiger partial charge in [-0.25, -0.2) is 0 Å². The van der Waals surface area contributed by atoms with Crippen LogP contribution in [0.2, 0.25) is 5.02 Å². The molecule has 0 saturated heterocycles. The van der Waals surface area contributed by atoms with Crippen LogP contribution < -0.4 is 4.74 Å². The molecule has 0 aliphatic carbocycles. The number of rotatable bonds is 5. The molecule has 0 aliphatic heterocycles. The summed E-state index contributed by atoms with van der Waals surface area (Å²) >= 11 is 5.76. The van der Waals surface area contributed by atoms with Crippen LogP contribution in [0, 0.1) is 10.1 Å². The van der Waals surface area contributed by atoms with Gasteiger partial charge in [0.1, 0.15) is 5.75 Å². The van der Waals surface area contributed by atoms with E-state index in [2.05, 4.69) is 0 Å². The van der Waals surface area contributed by atoms with Crippen molar-refractivity contribution < 1.29 is 14.5 Å². The number of amides is 1. The molecule has 6 nitrogen and oxygen atoms in total. The fraction of sp³-hybridized carbons (Fsp3) is 0.188. The molecular formula is C16H15ClN2O4. The normalized spacial score (nSPS) is 10.2. The Morgan fingerprint density at radius 2 is 1.91 bits per heavy atom. The zero-order valence-electron chi connectivity index (χ0n) is 12.7. The number of ether oxygens (including phenoxy) is 1. The maximum atomic E-state index is 12.0. The second-order valence-electron chi connectivity index (χ2n) is 4.81. The molecule has 0 aromatic heterocycles. The van der Waals surface area contributed by atoms with Gasteiger partial charge < -0.3 is 9.64 Å². The number of carbonyl (C=O) groups is 1. The second-order valence-corrected chi connectivity index (χ2v) is 5.25. The van der Waals surface area contributed by atoms with Crippen molar-refractivity contribution in [3.05, 3.63) is 63.2 Å². The van der Waals surface area contributed by atoms with Gasteiger partial charge in [-0.2, -0.15) is 0 Å². The summed E-state index contributed by atoms with van der Waals surface area (Å²) in [6.07, 6.45) is 0. The van der Waals surface area contributed by atoms with E-state index >= 15 is 0 Å². The molecule has 0 N–H and O–H groups in total. The topological polar surface area (TPSA) is 72.7 Å². The average Bonchev–Trinajstić information content (AvgIpc) is 2.55. The minimum atomic E-state index is -0.560. The van der Waals surface area contributed by atoms with Crippen molar-refractivity contribution in [1.29, 1.82) is 0 Å². The number of nitro benzene ring substituents is 1. The Labute approximate surface area is 138 Å². The fourth-order valence-corrected chi connectivity index (χ4v) is 2.04. The summed E-state index contributed by atoms with van der Waals surface area (Å²) in [7, 11) is 1.71. The van der Waals surface area contributed by atoms with Crippen LogP contribution in [0.25, 0.3) is 0 Å². The van der Waals surface area contributed by atoms with Gasteiger partial charge >= 0.3 is 5.69 Å². The van der Waals surface area contributed by atoms with Crippen molar-refractivity contribution >= 4 is 23.2 Å². The molecule has 0 radical (unpaired) electrons. The Kier molecular flexibility index (Phi) is 5.18. The molecule has 0 atom stereocenters. The lowest BCUT2D eigenvalue weighted by Crippen LogP contribution is -2.26. The Hall–Kier alpha value is -2.60. The van der Waals surface area contributed by atoms with E-state index in [1.54, 1.807) is 36.2 Å². The summed E-state index contributed by atoms with van der Waals surface area (Å²) in [6, 6.07) is 10.6. The Morgan fingerprint density at radius 3 is 2.48 bits per heavy atom. The van der Waals surface area contributed by atoms with Crippen LogP contribution in [0.4, 0.5) is 5.69 Å². The molecule has 1 amide bonds. The predicted molar refractivity (Wildman–Crippen MR) is 87.3 cm³/mol. The quantitative estimate of drug-likeness (QED) is 0.608. The molecule has 2 rings (SSSR count). The van der Waals surface area contributed by atoms with Gasteiger partial charge in [0, 0.05) is 30.2 Å². The monoisotopic (exact) mass is 334 g/mol. The van der Waals surface area contributed by atoms with Gasteiger partial charge in [-0.1, -0.05) is 11.6 Å². The van der Waals surface area contributed by atoms with Gasteiger partial charge in [0.05, 0.1) is 4.92 Å². The molecule has 0 unspecified atom stereocenters. The number of halogens is 1. The number of nitro groups is 1. The van der Waals surface area contributed by atoms with E-state index in [-0.39, 0.29) is 22.4 Å². The third kappa shape index (κ3) is 3.98. The van der Waals surface area contributed by atoms with Crippen LogP contribution in [0.15, 0.2) is 42.5 Å². The van der Waals surface area contributed by atoms with Crippen LogP contribution >= 0.6 is 11.6 Å². The average molecular weight is 335 g/mol. The largest absolute Gasteiger partial charge is 0.450 e. The van der Waals surface area contributed by atoms with Crippen LogP contribution in [0.3, 0.4) is 0 Å². The molecule has 120 valence electrons. The fourth-order valence-electron chi connectivity index (χ4n) is 1.88. The van der Waals surface area contributed by atoms with Crippen LogP contribution in [-0.2, 0) is 0 Å². The molecule has 2 aromatic carbocycles. The van der Waals surface area contributed by atoms with Crippen LogP contribution in [0.5, 0.6) is 11.5 Å². The van der Waals surface area contributed by atoms with E-state index in [4.69, 9.17) is 16.3 Å².